The highest BCUT2D eigenvalue weighted by Gasteiger charge is 2.28. The number of fused-ring (bicyclic) bond motifs is 1. The van der Waals surface area contributed by atoms with Crippen LogP contribution in [0, 0.1) is 0 Å². The molecule has 2 aromatic heterocycles. The fourth-order valence-corrected chi connectivity index (χ4v) is 3.50. The second-order valence-corrected chi connectivity index (χ2v) is 7.34. The van der Waals surface area contributed by atoms with Crippen LogP contribution in [0.1, 0.15) is 17.3 Å². The van der Waals surface area contributed by atoms with Crippen LogP contribution in [0.25, 0.3) is 10.9 Å². The van der Waals surface area contributed by atoms with E-state index in [4.69, 9.17) is 16.3 Å². The van der Waals surface area contributed by atoms with Crippen LogP contribution in [-0.4, -0.2) is 64.0 Å². The maximum atomic E-state index is 12.7. The summed E-state index contributed by atoms with van der Waals surface area (Å²) in [5.74, 6) is -0.119. The summed E-state index contributed by atoms with van der Waals surface area (Å²) in [7, 11) is 0. The van der Waals surface area contributed by atoms with Gasteiger partial charge in [-0.25, -0.2) is 19.7 Å². The fraction of sp³-hybridized carbons (Fsp3) is 0.286. The molecule has 0 aliphatic carbocycles. The Morgan fingerprint density at radius 3 is 2.53 bits per heavy atom. The highest BCUT2D eigenvalue weighted by molar-refractivity contribution is 6.29. The first-order chi connectivity index (χ1) is 14.5. The predicted octanol–water partition coefficient (Wildman–Crippen LogP) is 2.57. The molecule has 1 fully saturated rings. The van der Waals surface area contributed by atoms with Crippen LogP contribution in [0.5, 0.6) is 0 Å². The van der Waals surface area contributed by atoms with Crippen LogP contribution in [0.4, 0.5) is 5.95 Å². The molecule has 1 unspecified atom stereocenters. The molecule has 1 saturated heterocycles. The van der Waals surface area contributed by atoms with Gasteiger partial charge in [-0.1, -0.05) is 11.6 Å². The van der Waals surface area contributed by atoms with E-state index in [0.717, 1.165) is 5.39 Å². The first-order valence-electron chi connectivity index (χ1n) is 9.59. The normalized spacial score (nSPS) is 15.1. The smallest absolute Gasteiger partial charge is 0.338 e. The van der Waals surface area contributed by atoms with Gasteiger partial charge in [0.1, 0.15) is 5.15 Å². The van der Waals surface area contributed by atoms with E-state index in [1.165, 1.54) is 0 Å². The standard InChI is InChI=1S/C21H20ClN5O3/c1-14(19(28)26-9-11-27(12-10-26)21-23-7-2-8-24-21)30-20(29)16-3-5-17-15(13-16)4-6-18(22)25-17/h2-8,13-14H,9-12H2,1H3. The van der Waals surface area contributed by atoms with Gasteiger partial charge in [0.05, 0.1) is 11.1 Å². The topological polar surface area (TPSA) is 88.5 Å². The van der Waals surface area contributed by atoms with Crippen molar-refractivity contribution in [3.8, 4) is 0 Å². The highest BCUT2D eigenvalue weighted by atomic mass is 35.5. The molecule has 154 valence electrons. The number of benzene rings is 1. The predicted molar refractivity (Wildman–Crippen MR) is 112 cm³/mol. The lowest BCUT2D eigenvalue weighted by Crippen LogP contribution is -2.52. The number of aromatic nitrogens is 3. The van der Waals surface area contributed by atoms with E-state index in [1.54, 1.807) is 60.6 Å². The number of piperazine rings is 1. The van der Waals surface area contributed by atoms with Gasteiger partial charge in [0, 0.05) is 44.0 Å². The molecule has 0 saturated carbocycles. The van der Waals surface area contributed by atoms with Crippen LogP contribution >= 0.6 is 11.6 Å². The van der Waals surface area contributed by atoms with Crippen molar-refractivity contribution in [2.45, 2.75) is 13.0 Å². The summed E-state index contributed by atoms with van der Waals surface area (Å²) in [6, 6.07) is 10.2. The SMILES string of the molecule is CC(OC(=O)c1ccc2nc(Cl)ccc2c1)C(=O)N1CCN(c2ncccn2)CC1. The van der Waals surface area contributed by atoms with E-state index < -0.39 is 12.1 Å². The Bertz CT molecular complexity index is 1070. The molecule has 0 radical (unpaired) electrons. The van der Waals surface area contributed by atoms with Crippen molar-refractivity contribution in [2.24, 2.45) is 0 Å². The average molecular weight is 426 g/mol. The van der Waals surface area contributed by atoms with Crippen molar-refractivity contribution in [1.29, 1.82) is 0 Å². The number of carbonyl (C=O) groups is 2. The van der Waals surface area contributed by atoms with Gasteiger partial charge in [-0.05, 0) is 43.3 Å². The Labute approximate surface area is 178 Å². The number of anilines is 1. The van der Waals surface area contributed by atoms with E-state index in [-0.39, 0.29) is 5.91 Å². The Kier molecular flexibility index (Phi) is 5.76. The molecule has 0 spiro atoms. The molecule has 3 heterocycles. The van der Waals surface area contributed by atoms with E-state index in [9.17, 15) is 9.59 Å². The summed E-state index contributed by atoms with van der Waals surface area (Å²) >= 11 is 5.89. The first-order valence-corrected chi connectivity index (χ1v) is 9.97. The second kappa shape index (κ2) is 8.62. The van der Waals surface area contributed by atoms with Crippen molar-refractivity contribution in [1.82, 2.24) is 19.9 Å². The summed E-state index contributed by atoms with van der Waals surface area (Å²) in [5, 5.41) is 1.16. The van der Waals surface area contributed by atoms with Crippen molar-refractivity contribution in [3.63, 3.8) is 0 Å². The minimum atomic E-state index is -0.879. The summed E-state index contributed by atoms with van der Waals surface area (Å²) in [6.07, 6.45) is 2.51. The summed E-state index contributed by atoms with van der Waals surface area (Å²) in [6.45, 7) is 3.87. The number of halogens is 1. The maximum Gasteiger partial charge on any atom is 0.338 e. The molecular weight excluding hydrogens is 406 g/mol. The molecule has 8 nitrogen and oxygen atoms in total. The molecule has 1 amide bonds. The monoisotopic (exact) mass is 425 g/mol. The van der Waals surface area contributed by atoms with Gasteiger partial charge in [0.2, 0.25) is 5.95 Å². The lowest BCUT2D eigenvalue weighted by Gasteiger charge is -2.35. The molecule has 1 aliphatic heterocycles. The van der Waals surface area contributed by atoms with Gasteiger partial charge >= 0.3 is 5.97 Å². The Balaban J connectivity index is 1.35. The van der Waals surface area contributed by atoms with Gasteiger partial charge in [0.15, 0.2) is 6.10 Å². The van der Waals surface area contributed by atoms with Crippen molar-refractivity contribution >= 4 is 40.3 Å². The molecular formula is C21H20ClN5O3. The number of nitrogens with zero attached hydrogens (tertiary/aromatic N) is 5. The molecule has 1 atom stereocenters. The average Bonchev–Trinajstić information content (AvgIpc) is 2.78. The summed E-state index contributed by atoms with van der Waals surface area (Å²) < 4.78 is 5.42. The van der Waals surface area contributed by atoms with E-state index in [1.807, 2.05) is 4.90 Å². The number of hydrogen-bond acceptors (Lipinski definition) is 7. The van der Waals surface area contributed by atoms with Gasteiger partial charge in [-0.3, -0.25) is 4.79 Å². The molecule has 0 N–H and O–H groups in total. The van der Waals surface area contributed by atoms with Crippen LogP contribution in [0.3, 0.4) is 0 Å². The second-order valence-electron chi connectivity index (χ2n) is 6.95. The molecule has 1 aliphatic rings. The third kappa shape index (κ3) is 4.33. The van der Waals surface area contributed by atoms with E-state index in [2.05, 4.69) is 15.0 Å². The minimum Gasteiger partial charge on any atom is -0.449 e. The van der Waals surface area contributed by atoms with Crippen LogP contribution in [0.2, 0.25) is 5.15 Å². The number of ether oxygens (including phenoxy) is 1. The van der Waals surface area contributed by atoms with Crippen molar-refractivity contribution < 1.29 is 14.3 Å². The zero-order valence-corrected chi connectivity index (χ0v) is 17.1. The number of amides is 1. The molecule has 4 rings (SSSR count). The zero-order valence-electron chi connectivity index (χ0n) is 16.4. The van der Waals surface area contributed by atoms with Gasteiger partial charge in [0.25, 0.3) is 5.91 Å². The number of rotatable bonds is 4. The highest BCUT2D eigenvalue weighted by Crippen LogP contribution is 2.18. The van der Waals surface area contributed by atoms with Gasteiger partial charge in [-0.15, -0.1) is 0 Å². The Morgan fingerprint density at radius 2 is 1.80 bits per heavy atom. The van der Waals surface area contributed by atoms with E-state index in [0.29, 0.717) is 48.4 Å². The molecule has 30 heavy (non-hydrogen) atoms. The molecule has 0 bridgehead atoms. The maximum absolute atomic E-state index is 12.7. The van der Waals surface area contributed by atoms with Crippen molar-refractivity contribution in [2.75, 3.05) is 31.1 Å². The molecule has 3 aromatic rings. The number of esters is 1. The lowest BCUT2D eigenvalue weighted by atomic mass is 10.1. The third-order valence-electron chi connectivity index (χ3n) is 4.95. The molecule has 1 aromatic carbocycles. The largest absolute Gasteiger partial charge is 0.449 e. The molecule has 9 heteroatoms. The van der Waals surface area contributed by atoms with Crippen LogP contribution in [0.15, 0.2) is 48.8 Å². The summed E-state index contributed by atoms with van der Waals surface area (Å²) in [5.41, 5.74) is 1.04. The Hall–Kier alpha value is -3.26. The zero-order chi connectivity index (χ0) is 21.1. The minimum absolute atomic E-state index is 0.216. The third-order valence-corrected chi connectivity index (χ3v) is 5.16. The van der Waals surface area contributed by atoms with Crippen molar-refractivity contribution in [3.05, 3.63) is 59.5 Å². The van der Waals surface area contributed by atoms with Gasteiger partial charge < -0.3 is 14.5 Å². The lowest BCUT2D eigenvalue weighted by molar-refractivity contribution is -0.140. The Morgan fingerprint density at radius 1 is 1.07 bits per heavy atom. The number of hydrogen-bond donors (Lipinski definition) is 0. The number of pyridine rings is 1. The van der Waals surface area contributed by atoms with E-state index >= 15 is 0 Å². The number of carbonyl (C=O) groups excluding carboxylic acids is 2. The summed E-state index contributed by atoms with van der Waals surface area (Å²) in [4.78, 5) is 41.6. The quantitative estimate of drug-likeness (QED) is 0.468. The van der Waals surface area contributed by atoms with Gasteiger partial charge in [-0.2, -0.15) is 0 Å². The van der Waals surface area contributed by atoms with Crippen LogP contribution in [-0.2, 0) is 9.53 Å². The van der Waals surface area contributed by atoms with Crippen LogP contribution < -0.4 is 4.90 Å². The fourth-order valence-electron chi connectivity index (χ4n) is 3.35. The first kappa shape index (κ1) is 20.0.